The summed E-state index contributed by atoms with van der Waals surface area (Å²) >= 11 is 0. The van der Waals surface area contributed by atoms with E-state index in [0.717, 1.165) is 16.5 Å². The quantitative estimate of drug-likeness (QED) is 0.654. The van der Waals surface area contributed by atoms with E-state index in [-0.39, 0.29) is 0 Å². The Kier molecular flexibility index (Phi) is 5.21. The number of hydrogen-bond acceptors (Lipinski definition) is 6. The fourth-order valence-electron chi connectivity index (χ4n) is 2.63. The molecule has 3 rings (SSSR count). The van der Waals surface area contributed by atoms with Crippen LogP contribution in [0.3, 0.4) is 0 Å². The van der Waals surface area contributed by atoms with Crippen LogP contribution < -0.4 is 20.8 Å². The number of carbonyl (C=O) groups excluding carboxylic acids is 2. The van der Waals surface area contributed by atoms with Gasteiger partial charge in [0, 0.05) is 17.5 Å². The lowest BCUT2D eigenvalue weighted by Gasteiger charge is -2.15. The Hall–Kier alpha value is -3.61. The molecule has 1 unspecified atom stereocenters. The van der Waals surface area contributed by atoms with E-state index in [1.807, 2.05) is 30.3 Å². The summed E-state index contributed by atoms with van der Waals surface area (Å²) in [5.41, 5.74) is 1.42. The summed E-state index contributed by atoms with van der Waals surface area (Å²) < 4.78 is 10.8. The molecule has 0 saturated carbocycles. The highest BCUT2D eigenvalue weighted by molar-refractivity contribution is 5.93. The number of nitrogens with one attached hydrogen (secondary N) is 1. The van der Waals surface area contributed by atoms with Crippen molar-refractivity contribution in [1.29, 1.82) is 0 Å². The monoisotopic (exact) mass is 366 g/mol. The summed E-state index contributed by atoms with van der Waals surface area (Å²) in [6, 6.07) is 15.7. The number of amides is 1. The highest BCUT2D eigenvalue weighted by atomic mass is 16.5. The molecule has 7 nitrogen and oxygen atoms in total. The number of carboxylic acids is 1. The van der Waals surface area contributed by atoms with Gasteiger partial charge in [0.1, 0.15) is 11.3 Å². The fraction of sp³-hybridized carbons (Fsp3) is 0.150. The van der Waals surface area contributed by atoms with Crippen LogP contribution in [0.4, 0.5) is 0 Å². The maximum absolute atomic E-state index is 11.9. The molecule has 0 saturated heterocycles. The summed E-state index contributed by atoms with van der Waals surface area (Å²) in [5, 5.41) is 13.3. The molecule has 1 atom stereocenters. The predicted molar refractivity (Wildman–Crippen MR) is 96.0 cm³/mol. The average molecular weight is 366 g/mol. The number of hydrogen-bond donors (Lipinski definition) is 1. The molecule has 2 aromatic carbocycles. The molecule has 1 N–H and O–H groups in total. The molecule has 1 aromatic heterocycles. The second-order valence-electron chi connectivity index (χ2n) is 5.85. The topological polar surface area (TPSA) is 109 Å². The zero-order valence-electron chi connectivity index (χ0n) is 14.4. The van der Waals surface area contributed by atoms with E-state index in [0.29, 0.717) is 11.3 Å². The molecule has 0 aliphatic heterocycles. The van der Waals surface area contributed by atoms with Crippen molar-refractivity contribution in [2.75, 3.05) is 6.54 Å². The highest BCUT2D eigenvalue weighted by Gasteiger charge is 2.15. The van der Waals surface area contributed by atoms with E-state index in [1.54, 1.807) is 12.1 Å². The van der Waals surface area contributed by atoms with E-state index in [4.69, 9.17) is 9.15 Å². The van der Waals surface area contributed by atoms with E-state index in [2.05, 4.69) is 5.32 Å². The smallest absolute Gasteiger partial charge is 0.336 e. The van der Waals surface area contributed by atoms with Crippen molar-refractivity contribution in [3.8, 4) is 16.9 Å². The number of fused-ring (bicyclic) bond motifs is 1. The number of carbonyl (C=O) groups is 2. The minimum absolute atomic E-state index is 0.312. The first-order valence-electron chi connectivity index (χ1n) is 8.21. The zero-order valence-corrected chi connectivity index (χ0v) is 14.4. The number of benzene rings is 2. The molecule has 3 aromatic rings. The molecule has 1 heterocycles. The molecular formula is C20H16NO6-. The van der Waals surface area contributed by atoms with Gasteiger partial charge < -0.3 is 24.4 Å². The van der Waals surface area contributed by atoms with Gasteiger partial charge in [-0.25, -0.2) is 4.79 Å². The van der Waals surface area contributed by atoms with Crippen LogP contribution in [0.5, 0.6) is 5.75 Å². The Balaban J connectivity index is 1.89. The third-order valence-electron chi connectivity index (χ3n) is 3.89. The molecule has 0 bridgehead atoms. The molecule has 0 aliphatic rings. The first kappa shape index (κ1) is 18.2. The van der Waals surface area contributed by atoms with Gasteiger partial charge in [-0.1, -0.05) is 30.3 Å². The molecule has 0 spiro atoms. The third-order valence-corrected chi connectivity index (χ3v) is 3.89. The van der Waals surface area contributed by atoms with Crippen molar-refractivity contribution >= 4 is 22.8 Å². The Morgan fingerprint density at radius 2 is 1.89 bits per heavy atom. The van der Waals surface area contributed by atoms with Crippen LogP contribution in [-0.2, 0) is 9.59 Å². The van der Waals surface area contributed by atoms with Crippen LogP contribution in [0.2, 0.25) is 0 Å². The first-order valence-corrected chi connectivity index (χ1v) is 8.21. The van der Waals surface area contributed by atoms with Gasteiger partial charge in [-0.3, -0.25) is 4.79 Å². The van der Waals surface area contributed by atoms with Crippen molar-refractivity contribution < 1.29 is 23.8 Å². The van der Waals surface area contributed by atoms with E-state index < -0.39 is 30.2 Å². The SMILES string of the molecule is CC(Oc1ccc2c(-c3ccccc3)cc(=O)oc2c1)C(=O)NCC(=O)[O-]. The largest absolute Gasteiger partial charge is 0.548 e. The maximum Gasteiger partial charge on any atom is 0.336 e. The van der Waals surface area contributed by atoms with Crippen LogP contribution in [0, 0.1) is 0 Å². The van der Waals surface area contributed by atoms with E-state index in [9.17, 15) is 19.5 Å². The molecule has 7 heteroatoms. The van der Waals surface area contributed by atoms with E-state index in [1.165, 1.54) is 19.1 Å². The number of aliphatic carboxylic acids is 1. The Morgan fingerprint density at radius 3 is 2.59 bits per heavy atom. The summed E-state index contributed by atoms with van der Waals surface area (Å²) in [6.45, 7) is 0.880. The minimum Gasteiger partial charge on any atom is -0.548 e. The maximum atomic E-state index is 11.9. The fourth-order valence-corrected chi connectivity index (χ4v) is 2.63. The Morgan fingerprint density at radius 1 is 1.15 bits per heavy atom. The lowest BCUT2D eigenvalue weighted by Crippen LogP contribution is -2.43. The van der Waals surface area contributed by atoms with Crippen LogP contribution in [0.25, 0.3) is 22.1 Å². The van der Waals surface area contributed by atoms with Gasteiger partial charge in [-0.15, -0.1) is 0 Å². The molecule has 1 amide bonds. The Bertz CT molecular complexity index is 1040. The normalized spacial score (nSPS) is 11.7. The number of carboxylic acid groups (broad SMARTS) is 1. The van der Waals surface area contributed by atoms with Crippen LogP contribution in [0.1, 0.15) is 6.92 Å². The van der Waals surface area contributed by atoms with Gasteiger partial charge in [0.15, 0.2) is 6.10 Å². The number of ether oxygens (including phenoxy) is 1. The van der Waals surface area contributed by atoms with Gasteiger partial charge in [-0.2, -0.15) is 0 Å². The summed E-state index contributed by atoms with van der Waals surface area (Å²) in [5.74, 6) is -1.68. The van der Waals surface area contributed by atoms with Gasteiger partial charge >= 0.3 is 5.63 Å². The van der Waals surface area contributed by atoms with Gasteiger partial charge in [0.05, 0.1) is 12.5 Å². The first-order chi connectivity index (χ1) is 12.9. The molecule has 0 radical (unpaired) electrons. The van der Waals surface area contributed by atoms with Gasteiger partial charge in [-0.05, 0) is 30.2 Å². The standard InChI is InChI=1S/C20H17NO6/c1-12(20(25)21-11-18(22)23)26-14-7-8-15-16(13-5-3-2-4-6-13)10-19(24)27-17(15)9-14/h2-10,12H,11H2,1H3,(H,21,25)(H,22,23)/p-1. The van der Waals surface area contributed by atoms with Crippen molar-refractivity contribution in [3.63, 3.8) is 0 Å². The second kappa shape index (κ2) is 7.74. The summed E-state index contributed by atoms with van der Waals surface area (Å²) in [4.78, 5) is 34.1. The zero-order chi connectivity index (χ0) is 19.4. The lowest BCUT2D eigenvalue weighted by atomic mass is 10.0. The van der Waals surface area contributed by atoms with Crippen LogP contribution in [0.15, 0.2) is 63.8 Å². The summed E-state index contributed by atoms with van der Waals surface area (Å²) in [7, 11) is 0. The summed E-state index contributed by atoms with van der Waals surface area (Å²) in [6.07, 6.45) is -0.939. The van der Waals surface area contributed by atoms with Crippen molar-refractivity contribution in [2.45, 2.75) is 13.0 Å². The molecule has 138 valence electrons. The van der Waals surface area contributed by atoms with Crippen LogP contribution in [-0.4, -0.2) is 24.5 Å². The predicted octanol–water partition coefficient (Wildman–Crippen LogP) is 1.09. The lowest BCUT2D eigenvalue weighted by molar-refractivity contribution is -0.304. The van der Waals surface area contributed by atoms with Crippen molar-refractivity contribution in [3.05, 3.63) is 65.0 Å². The molecule has 0 fully saturated rings. The van der Waals surface area contributed by atoms with Crippen molar-refractivity contribution in [2.24, 2.45) is 0 Å². The molecule has 27 heavy (non-hydrogen) atoms. The minimum atomic E-state index is -1.39. The Labute approximate surface area is 154 Å². The molecular weight excluding hydrogens is 350 g/mol. The van der Waals surface area contributed by atoms with Crippen molar-refractivity contribution in [1.82, 2.24) is 5.32 Å². The number of rotatable bonds is 6. The van der Waals surface area contributed by atoms with E-state index >= 15 is 0 Å². The highest BCUT2D eigenvalue weighted by Crippen LogP contribution is 2.29. The third kappa shape index (κ3) is 4.33. The molecule has 0 aliphatic carbocycles. The van der Waals surface area contributed by atoms with Gasteiger partial charge in [0.2, 0.25) is 0 Å². The van der Waals surface area contributed by atoms with Gasteiger partial charge in [0.25, 0.3) is 5.91 Å². The van der Waals surface area contributed by atoms with Crippen LogP contribution >= 0.6 is 0 Å². The average Bonchev–Trinajstić information content (AvgIpc) is 2.65. The second-order valence-corrected chi connectivity index (χ2v) is 5.85.